The molecule has 3 heterocycles. The van der Waals surface area contributed by atoms with Crippen LogP contribution in [0.5, 0.6) is 0 Å². The van der Waals surface area contributed by atoms with Gasteiger partial charge in [-0.1, -0.05) is 11.6 Å². The summed E-state index contributed by atoms with van der Waals surface area (Å²) in [5.74, 6) is 1.03. The molecule has 0 spiro atoms. The Morgan fingerprint density at radius 1 is 1.48 bits per heavy atom. The van der Waals surface area contributed by atoms with Crippen molar-refractivity contribution in [2.24, 2.45) is 0 Å². The van der Waals surface area contributed by atoms with E-state index in [4.69, 9.17) is 16.7 Å². The minimum Gasteiger partial charge on any atom is -0.353 e. The van der Waals surface area contributed by atoms with Gasteiger partial charge in [-0.3, -0.25) is 0 Å². The summed E-state index contributed by atoms with van der Waals surface area (Å²) in [6.07, 6.45) is 3.54. The average molecular weight is 438 g/mol. The smallest absolute Gasteiger partial charge is 0.160 e. The lowest BCUT2D eigenvalue weighted by molar-refractivity contribution is 0.198. The van der Waals surface area contributed by atoms with Crippen molar-refractivity contribution in [3.63, 3.8) is 0 Å². The molecule has 8 heteroatoms. The Balaban J connectivity index is 2.02. The van der Waals surface area contributed by atoms with Crippen molar-refractivity contribution in [2.45, 2.75) is 18.9 Å². The van der Waals surface area contributed by atoms with Crippen molar-refractivity contribution in [1.29, 1.82) is 0 Å². The highest BCUT2D eigenvalue weighted by molar-refractivity contribution is 14.2. The highest BCUT2D eigenvalue weighted by Gasteiger charge is 2.37. The van der Waals surface area contributed by atoms with Crippen LogP contribution < -0.4 is 4.90 Å². The molecule has 1 saturated heterocycles. The minimum absolute atomic E-state index is 0.197. The van der Waals surface area contributed by atoms with Crippen LogP contribution in [-0.2, 0) is 0 Å². The summed E-state index contributed by atoms with van der Waals surface area (Å²) in [6, 6.07) is 1.90. The number of halogens is 2. The molecule has 1 fully saturated rings. The van der Waals surface area contributed by atoms with E-state index in [0.717, 1.165) is 36.2 Å². The number of rotatable bonds is 3. The monoisotopic (exact) mass is 437 g/mol. The molecule has 2 aromatic rings. The van der Waals surface area contributed by atoms with Gasteiger partial charge in [-0.15, -0.1) is 5.10 Å². The standard InChI is InChI=1S/C13H18ClIN5P/c1-13(18(2)3)4-5-19(8-13)12-9-7-16-11(14)6-10(9)20(17-12)21-15/h6-7,21H,4-5,8H2,1-3H3. The van der Waals surface area contributed by atoms with E-state index in [9.17, 15) is 0 Å². The van der Waals surface area contributed by atoms with E-state index < -0.39 is 0 Å². The van der Waals surface area contributed by atoms with E-state index in [2.05, 4.69) is 57.8 Å². The SMILES string of the molecule is CN(C)C1(C)CCN(c2nn(PI)c3cc(Cl)ncc23)C1. The van der Waals surface area contributed by atoms with Crippen LogP contribution in [0, 0.1) is 0 Å². The van der Waals surface area contributed by atoms with Crippen LogP contribution in [0.15, 0.2) is 12.3 Å². The van der Waals surface area contributed by atoms with E-state index in [1.54, 1.807) is 0 Å². The van der Waals surface area contributed by atoms with Gasteiger partial charge in [0.1, 0.15) is 5.15 Å². The molecule has 1 aliphatic heterocycles. The Morgan fingerprint density at radius 2 is 2.24 bits per heavy atom. The summed E-state index contributed by atoms with van der Waals surface area (Å²) in [5.41, 5.74) is 1.26. The number of nitrogens with zero attached hydrogens (tertiary/aromatic N) is 5. The van der Waals surface area contributed by atoms with Crippen LogP contribution >= 0.6 is 40.0 Å². The Labute approximate surface area is 144 Å². The van der Waals surface area contributed by atoms with Crippen molar-refractivity contribution >= 4 is 56.7 Å². The summed E-state index contributed by atoms with van der Waals surface area (Å²) in [6.45, 7) is 4.31. The van der Waals surface area contributed by atoms with Crippen LogP contribution in [0.3, 0.4) is 0 Å². The first-order valence-corrected chi connectivity index (χ1v) is 11.2. The summed E-state index contributed by atoms with van der Waals surface area (Å²) in [7, 11) is 4.29. The third-order valence-corrected chi connectivity index (χ3v) is 6.50. The number of pyridine rings is 1. The van der Waals surface area contributed by atoms with Gasteiger partial charge in [0.05, 0.1) is 17.3 Å². The summed E-state index contributed by atoms with van der Waals surface area (Å²) < 4.78 is 2.02. The lowest BCUT2D eigenvalue weighted by Crippen LogP contribution is -2.43. The van der Waals surface area contributed by atoms with E-state index >= 15 is 0 Å². The second-order valence-electron chi connectivity index (χ2n) is 5.91. The van der Waals surface area contributed by atoms with Crippen LogP contribution in [0.1, 0.15) is 13.3 Å². The highest BCUT2D eigenvalue weighted by Crippen LogP contribution is 2.37. The third-order valence-electron chi connectivity index (χ3n) is 4.42. The summed E-state index contributed by atoms with van der Waals surface area (Å²) in [4.78, 5) is 8.91. The molecule has 3 rings (SSSR count). The van der Waals surface area contributed by atoms with Crippen molar-refractivity contribution in [2.75, 3.05) is 32.1 Å². The number of anilines is 1. The van der Waals surface area contributed by atoms with Crippen LogP contribution in [0.2, 0.25) is 5.15 Å². The van der Waals surface area contributed by atoms with Crippen molar-refractivity contribution < 1.29 is 0 Å². The molecular formula is C13H18ClIN5P. The number of fused-ring (bicyclic) bond motifs is 1. The minimum atomic E-state index is 0.197. The third kappa shape index (κ3) is 2.76. The van der Waals surface area contributed by atoms with Crippen molar-refractivity contribution in [3.05, 3.63) is 17.4 Å². The maximum atomic E-state index is 6.03. The number of hydrogen-bond donors (Lipinski definition) is 0. The molecule has 0 aromatic carbocycles. The molecule has 5 nitrogen and oxygen atoms in total. The second kappa shape index (κ2) is 5.80. The first-order chi connectivity index (χ1) is 9.94. The van der Waals surface area contributed by atoms with Gasteiger partial charge in [0.15, 0.2) is 5.82 Å². The quantitative estimate of drug-likeness (QED) is 0.419. The van der Waals surface area contributed by atoms with E-state index in [1.807, 2.05) is 16.7 Å². The van der Waals surface area contributed by atoms with Crippen LogP contribution in [-0.4, -0.2) is 52.2 Å². The molecular weight excluding hydrogens is 420 g/mol. The van der Waals surface area contributed by atoms with E-state index in [-0.39, 0.29) is 5.54 Å². The van der Waals surface area contributed by atoms with Gasteiger partial charge < -0.3 is 9.80 Å². The second-order valence-corrected chi connectivity index (χ2v) is 8.33. The fourth-order valence-electron chi connectivity index (χ4n) is 2.76. The van der Waals surface area contributed by atoms with Crippen molar-refractivity contribution in [3.8, 4) is 0 Å². The lowest BCUT2D eigenvalue weighted by atomic mass is 10.0. The molecule has 0 aliphatic carbocycles. The molecule has 114 valence electrons. The Hall–Kier alpha value is -0.170. The highest BCUT2D eigenvalue weighted by atomic mass is 127. The molecule has 2 aromatic heterocycles. The maximum Gasteiger partial charge on any atom is 0.160 e. The molecule has 21 heavy (non-hydrogen) atoms. The van der Waals surface area contributed by atoms with Crippen LogP contribution in [0.25, 0.3) is 10.9 Å². The fraction of sp³-hybridized carbons (Fsp3) is 0.538. The van der Waals surface area contributed by atoms with E-state index in [0.29, 0.717) is 11.5 Å². The molecule has 0 saturated carbocycles. The predicted molar refractivity (Wildman–Crippen MR) is 99.2 cm³/mol. The largest absolute Gasteiger partial charge is 0.353 e. The topological polar surface area (TPSA) is 37.2 Å². The van der Waals surface area contributed by atoms with E-state index in [1.165, 1.54) is 0 Å². The first kappa shape index (κ1) is 15.7. The summed E-state index contributed by atoms with van der Waals surface area (Å²) in [5, 5.41) is 6.39. The molecule has 0 amide bonds. The molecule has 2 unspecified atom stereocenters. The van der Waals surface area contributed by atoms with Gasteiger partial charge in [0.2, 0.25) is 0 Å². The number of likely N-dealkylation sites (N-methyl/N-ethyl adjacent to an activating group) is 1. The molecule has 2 atom stereocenters. The zero-order chi connectivity index (χ0) is 15.2. The molecule has 0 bridgehead atoms. The van der Waals surface area contributed by atoms with Crippen molar-refractivity contribution in [1.82, 2.24) is 19.4 Å². The maximum absolute atomic E-state index is 6.03. The van der Waals surface area contributed by atoms with Gasteiger partial charge in [-0.25, -0.2) is 9.44 Å². The molecule has 0 N–H and O–H groups in total. The Bertz CT molecular complexity index is 676. The summed E-state index contributed by atoms with van der Waals surface area (Å²) >= 11 is 8.38. The number of hydrogen-bond acceptors (Lipinski definition) is 4. The molecule has 0 radical (unpaired) electrons. The van der Waals surface area contributed by atoms with Crippen LogP contribution in [0.4, 0.5) is 5.82 Å². The zero-order valence-corrected chi connectivity index (χ0v) is 16.2. The van der Waals surface area contributed by atoms with Gasteiger partial charge in [-0.05, 0) is 49.5 Å². The fourth-order valence-corrected chi connectivity index (χ4v) is 4.42. The average Bonchev–Trinajstić information content (AvgIpc) is 3.00. The van der Waals surface area contributed by atoms with Gasteiger partial charge >= 0.3 is 0 Å². The molecule has 1 aliphatic rings. The zero-order valence-electron chi connectivity index (χ0n) is 12.3. The normalized spacial score (nSPS) is 23.2. The van der Waals surface area contributed by atoms with Gasteiger partial charge in [0.25, 0.3) is 0 Å². The Kier molecular flexibility index (Phi) is 4.34. The predicted octanol–water partition coefficient (Wildman–Crippen LogP) is 3.41. The van der Waals surface area contributed by atoms with Gasteiger partial charge in [0, 0.05) is 30.9 Å². The Morgan fingerprint density at radius 3 is 2.86 bits per heavy atom. The van der Waals surface area contributed by atoms with Gasteiger partial charge in [-0.2, -0.15) is 0 Å². The first-order valence-electron chi connectivity index (χ1n) is 6.78. The number of aromatic nitrogens is 3. The lowest BCUT2D eigenvalue weighted by Gasteiger charge is -2.32.